The van der Waals surface area contributed by atoms with E-state index in [4.69, 9.17) is 4.52 Å². The van der Waals surface area contributed by atoms with Gasteiger partial charge in [0.2, 0.25) is 11.7 Å². The van der Waals surface area contributed by atoms with Crippen molar-refractivity contribution in [1.29, 1.82) is 0 Å². The summed E-state index contributed by atoms with van der Waals surface area (Å²) in [5.41, 5.74) is 0.828. The predicted octanol–water partition coefficient (Wildman–Crippen LogP) is 1.65. The van der Waals surface area contributed by atoms with Crippen LogP contribution in [0.3, 0.4) is 0 Å². The van der Waals surface area contributed by atoms with Crippen molar-refractivity contribution in [2.24, 2.45) is 0 Å². The van der Waals surface area contributed by atoms with Gasteiger partial charge in [-0.25, -0.2) is 0 Å². The summed E-state index contributed by atoms with van der Waals surface area (Å²) in [6, 6.07) is 3.58. The smallest absolute Gasteiger partial charge is 0.234 e. The Balaban J connectivity index is 2.17. The first-order valence-corrected chi connectivity index (χ1v) is 5.04. The van der Waals surface area contributed by atoms with Crippen LogP contribution in [0.4, 0.5) is 0 Å². The minimum Gasteiger partial charge on any atom is -0.339 e. The fraction of sp³-hybridized carbons (Fsp3) is 0.273. The summed E-state index contributed by atoms with van der Waals surface area (Å²) in [4.78, 5) is 19.2. The number of nitrogens with zero attached hydrogens (tertiary/aromatic N) is 3. The Bertz CT molecular complexity index is 479. The summed E-state index contributed by atoms with van der Waals surface area (Å²) >= 11 is 0. The second-order valence-corrected chi connectivity index (χ2v) is 3.32. The standard InChI is InChI=1S/C11H11N3O2/c1-2-9(15)7-10-13-11(14-16-10)8-3-5-12-6-4-8/h3-6H,2,7H2,1H3. The van der Waals surface area contributed by atoms with Gasteiger partial charge in [0, 0.05) is 24.4 Å². The monoisotopic (exact) mass is 217 g/mol. The Kier molecular flexibility index (Phi) is 3.05. The van der Waals surface area contributed by atoms with Gasteiger partial charge in [0.05, 0.1) is 6.42 Å². The molecule has 16 heavy (non-hydrogen) atoms. The molecule has 82 valence electrons. The van der Waals surface area contributed by atoms with Gasteiger partial charge in [0.1, 0.15) is 5.78 Å². The number of hydrogen-bond donors (Lipinski definition) is 0. The maximum Gasteiger partial charge on any atom is 0.234 e. The van der Waals surface area contributed by atoms with Crippen LogP contribution in [0.1, 0.15) is 19.2 Å². The lowest BCUT2D eigenvalue weighted by Crippen LogP contribution is -2.00. The average molecular weight is 217 g/mol. The summed E-state index contributed by atoms with van der Waals surface area (Å²) in [6.07, 6.45) is 3.99. The van der Waals surface area contributed by atoms with Gasteiger partial charge in [-0.1, -0.05) is 12.1 Å². The lowest BCUT2D eigenvalue weighted by atomic mass is 10.2. The van der Waals surface area contributed by atoms with Crippen molar-refractivity contribution < 1.29 is 9.32 Å². The van der Waals surface area contributed by atoms with E-state index < -0.39 is 0 Å². The van der Waals surface area contributed by atoms with Crippen LogP contribution in [0, 0.1) is 0 Å². The average Bonchev–Trinajstić information content (AvgIpc) is 2.78. The molecule has 2 heterocycles. The normalized spacial score (nSPS) is 10.3. The topological polar surface area (TPSA) is 68.9 Å². The van der Waals surface area contributed by atoms with Crippen LogP contribution in [-0.2, 0) is 11.2 Å². The maximum absolute atomic E-state index is 11.2. The Morgan fingerprint density at radius 2 is 2.12 bits per heavy atom. The second-order valence-electron chi connectivity index (χ2n) is 3.32. The van der Waals surface area contributed by atoms with Crippen LogP contribution < -0.4 is 0 Å². The van der Waals surface area contributed by atoms with Gasteiger partial charge in [-0.05, 0) is 12.1 Å². The lowest BCUT2D eigenvalue weighted by Gasteiger charge is -1.90. The largest absolute Gasteiger partial charge is 0.339 e. The van der Waals surface area contributed by atoms with E-state index in [2.05, 4.69) is 15.1 Å². The molecule has 0 unspecified atom stereocenters. The van der Waals surface area contributed by atoms with Crippen LogP contribution in [-0.4, -0.2) is 20.9 Å². The number of rotatable bonds is 4. The molecule has 0 saturated heterocycles. The third-order valence-electron chi connectivity index (χ3n) is 2.15. The van der Waals surface area contributed by atoms with Crippen molar-refractivity contribution in [2.45, 2.75) is 19.8 Å². The minimum absolute atomic E-state index is 0.0879. The Hall–Kier alpha value is -2.04. The summed E-state index contributed by atoms with van der Waals surface area (Å²) in [6.45, 7) is 1.81. The maximum atomic E-state index is 11.2. The molecule has 0 bridgehead atoms. The van der Waals surface area contributed by atoms with Crippen molar-refractivity contribution in [3.63, 3.8) is 0 Å². The molecule has 5 heteroatoms. The summed E-state index contributed by atoms with van der Waals surface area (Å²) in [5.74, 6) is 0.935. The summed E-state index contributed by atoms with van der Waals surface area (Å²) in [7, 11) is 0. The molecule has 2 aromatic heterocycles. The quantitative estimate of drug-likeness (QED) is 0.778. The molecule has 2 aromatic rings. The van der Waals surface area contributed by atoms with Gasteiger partial charge in [-0.2, -0.15) is 4.98 Å². The van der Waals surface area contributed by atoms with E-state index in [1.165, 1.54) is 0 Å². The van der Waals surface area contributed by atoms with Crippen molar-refractivity contribution >= 4 is 5.78 Å². The van der Waals surface area contributed by atoms with Crippen LogP contribution in [0.5, 0.6) is 0 Å². The number of Topliss-reactive ketones (excluding diaryl/α,β-unsaturated/α-hetero) is 1. The van der Waals surface area contributed by atoms with Crippen molar-refractivity contribution in [3.8, 4) is 11.4 Å². The van der Waals surface area contributed by atoms with Crippen LogP contribution in [0.2, 0.25) is 0 Å². The highest BCUT2D eigenvalue weighted by Crippen LogP contribution is 2.14. The van der Waals surface area contributed by atoms with Crippen LogP contribution in [0.15, 0.2) is 29.0 Å². The zero-order valence-electron chi connectivity index (χ0n) is 8.88. The molecule has 0 saturated carbocycles. The molecule has 0 aliphatic heterocycles. The zero-order chi connectivity index (χ0) is 11.4. The van der Waals surface area contributed by atoms with Crippen LogP contribution >= 0.6 is 0 Å². The number of carbonyl (C=O) groups is 1. The van der Waals surface area contributed by atoms with E-state index in [9.17, 15) is 4.79 Å². The molecule has 0 atom stereocenters. The van der Waals surface area contributed by atoms with Gasteiger partial charge < -0.3 is 4.52 Å². The number of carbonyl (C=O) groups excluding carboxylic acids is 1. The molecule has 0 N–H and O–H groups in total. The highest BCUT2D eigenvalue weighted by atomic mass is 16.5. The molecule has 0 fully saturated rings. The molecule has 0 aliphatic carbocycles. The molecule has 0 spiro atoms. The van der Waals surface area contributed by atoms with E-state index in [-0.39, 0.29) is 12.2 Å². The third-order valence-corrected chi connectivity index (χ3v) is 2.15. The summed E-state index contributed by atoms with van der Waals surface area (Å²) < 4.78 is 4.99. The van der Waals surface area contributed by atoms with Crippen molar-refractivity contribution in [3.05, 3.63) is 30.4 Å². The highest BCUT2D eigenvalue weighted by Gasteiger charge is 2.10. The zero-order valence-corrected chi connectivity index (χ0v) is 8.88. The number of hydrogen-bond acceptors (Lipinski definition) is 5. The molecular weight excluding hydrogens is 206 g/mol. The lowest BCUT2D eigenvalue weighted by molar-refractivity contribution is -0.118. The second kappa shape index (κ2) is 4.65. The Morgan fingerprint density at radius 1 is 1.38 bits per heavy atom. The highest BCUT2D eigenvalue weighted by molar-refractivity contribution is 5.79. The Morgan fingerprint density at radius 3 is 2.81 bits per heavy atom. The fourth-order valence-electron chi connectivity index (χ4n) is 1.24. The van der Waals surface area contributed by atoms with Crippen molar-refractivity contribution in [2.75, 3.05) is 0 Å². The number of pyridine rings is 1. The molecule has 0 aromatic carbocycles. The van der Waals surface area contributed by atoms with E-state index in [0.29, 0.717) is 18.1 Å². The SMILES string of the molecule is CCC(=O)Cc1nc(-c2ccncc2)no1. The predicted molar refractivity (Wildman–Crippen MR) is 56.5 cm³/mol. The summed E-state index contributed by atoms with van der Waals surface area (Å²) in [5, 5.41) is 3.81. The van der Waals surface area contributed by atoms with Gasteiger partial charge in [0.15, 0.2) is 0 Å². The molecular formula is C11H11N3O2. The number of aromatic nitrogens is 3. The van der Waals surface area contributed by atoms with Gasteiger partial charge in [0.25, 0.3) is 0 Å². The first-order valence-electron chi connectivity index (χ1n) is 5.04. The van der Waals surface area contributed by atoms with E-state index in [1.54, 1.807) is 24.5 Å². The minimum atomic E-state index is 0.0879. The number of ketones is 1. The van der Waals surface area contributed by atoms with Crippen molar-refractivity contribution in [1.82, 2.24) is 15.1 Å². The van der Waals surface area contributed by atoms with Gasteiger partial charge in [-0.15, -0.1) is 0 Å². The molecule has 2 rings (SSSR count). The molecule has 0 aliphatic rings. The molecule has 0 radical (unpaired) electrons. The van der Waals surface area contributed by atoms with Crippen LogP contribution in [0.25, 0.3) is 11.4 Å². The van der Waals surface area contributed by atoms with E-state index >= 15 is 0 Å². The molecule has 0 amide bonds. The van der Waals surface area contributed by atoms with E-state index in [0.717, 1.165) is 5.56 Å². The Labute approximate surface area is 92.5 Å². The third kappa shape index (κ3) is 2.31. The fourth-order valence-corrected chi connectivity index (χ4v) is 1.24. The van der Waals surface area contributed by atoms with Gasteiger partial charge >= 0.3 is 0 Å². The first kappa shape index (κ1) is 10.5. The molecule has 5 nitrogen and oxygen atoms in total. The first-order chi connectivity index (χ1) is 7.79. The van der Waals surface area contributed by atoms with E-state index in [1.807, 2.05) is 6.92 Å². The van der Waals surface area contributed by atoms with Gasteiger partial charge in [-0.3, -0.25) is 9.78 Å².